The maximum atomic E-state index is 12.6. The third kappa shape index (κ3) is 3.63. The zero-order valence-electron chi connectivity index (χ0n) is 16.5. The summed E-state index contributed by atoms with van der Waals surface area (Å²) >= 11 is 0. The number of hydrogen-bond acceptors (Lipinski definition) is 7. The predicted molar refractivity (Wildman–Crippen MR) is 91.1 cm³/mol. The number of rotatable bonds is 5. The summed E-state index contributed by atoms with van der Waals surface area (Å²) in [5.41, 5.74) is 0. The quantitative estimate of drug-likeness (QED) is 0.769. The zero-order valence-corrected chi connectivity index (χ0v) is 16.5. The Morgan fingerprint density at radius 1 is 1.00 bits per heavy atom. The maximum absolute atomic E-state index is 12.6. The van der Waals surface area contributed by atoms with Gasteiger partial charge in [0.25, 0.3) is 0 Å². The molecule has 3 rings (SSSR count). The molecule has 3 fully saturated rings. The lowest BCUT2D eigenvalue weighted by Crippen LogP contribution is -2.47. The van der Waals surface area contributed by atoms with Crippen molar-refractivity contribution in [2.75, 3.05) is 19.7 Å². The van der Waals surface area contributed by atoms with Crippen LogP contribution < -0.4 is 0 Å². The topological polar surface area (TPSA) is 86.7 Å². The van der Waals surface area contributed by atoms with Crippen molar-refractivity contribution < 1.29 is 33.6 Å². The standard InChI is InChI=1S/C18H31NO7/c1-7-19(8-2)12(20)9-18(21)15-14(24-17(5,6)26-15)13(25-18)11-10-22-16(3,4)23-11/h11,13-15,21H,7-10H2,1-6H3/t11-,13+,14-,15-,18?/m1/s1. The van der Waals surface area contributed by atoms with Gasteiger partial charge < -0.3 is 33.7 Å². The summed E-state index contributed by atoms with van der Waals surface area (Å²) in [6.07, 6.45) is -2.50. The van der Waals surface area contributed by atoms with E-state index in [9.17, 15) is 9.90 Å². The predicted octanol–water partition coefficient (Wildman–Crippen LogP) is 1.00. The Balaban J connectivity index is 1.81. The highest BCUT2D eigenvalue weighted by Gasteiger charge is 2.65. The van der Waals surface area contributed by atoms with E-state index < -0.39 is 41.8 Å². The Bertz CT molecular complexity index is 548. The van der Waals surface area contributed by atoms with Gasteiger partial charge in [-0.3, -0.25) is 4.79 Å². The van der Waals surface area contributed by atoms with Gasteiger partial charge in [0.05, 0.1) is 13.0 Å². The minimum atomic E-state index is -1.77. The number of carbonyl (C=O) groups excluding carboxylic acids is 1. The van der Waals surface area contributed by atoms with Crippen molar-refractivity contribution in [3.05, 3.63) is 0 Å². The third-order valence-electron chi connectivity index (χ3n) is 5.16. The molecule has 0 saturated carbocycles. The van der Waals surface area contributed by atoms with Crippen LogP contribution in [0.1, 0.15) is 48.0 Å². The fourth-order valence-electron chi connectivity index (χ4n) is 3.96. The number of carbonyl (C=O) groups is 1. The van der Waals surface area contributed by atoms with Crippen molar-refractivity contribution in [1.82, 2.24) is 4.90 Å². The first-order valence-electron chi connectivity index (χ1n) is 9.35. The summed E-state index contributed by atoms with van der Waals surface area (Å²) in [6.45, 7) is 12.5. The Kier molecular flexibility index (Phi) is 5.14. The first kappa shape index (κ1) is 20.0. The van der Waals surface area contributed by atoms with Crippen LogP contribution >= 0.6 is 0 Å². The maximum Gasteiger partial charge on any atom is 0.228 e. The molecule has 0 aromatic rings. The molecular weight excluding hydrogens is 342 g/mol. The molecule has 150 valence electrons. The lowest BCUT2D eigenvalue weighted by molar-refractivity contribution is -0.285. The van der Waals surface area contributed by atoms with Crippen LogP contribution in [0.2, 0.25) is 0 Å². The van der Waals surface area contributed by atoms with Crippen molar-refractivity contribution in [3.8, 4) is 0 Å². The Labute approximate surface area is 154 Å². The van der Waals surface area contributed by atoms with Crippen LogP contribution in [0.5, 0.6) is 0 Å². The highest BCUT2D eigenvalue weighted by Crippen LogP contribution is 2.47. The molecular formula is C18H31NO7. The SMILES string of the molecule is CCN(CC)C(=O)CC1(O)O[C@@H]([C@H]2COC(C)(C)O2)[C@H]2OC(C)(C)O[C@H]21. The first-order valence-corrected chi connectivity index (χ1v) is 9.35. The second-order valence-corrected chi connectivity index (χ2v) is 8.06. The van der Waals surface area contributed by atoms with E-state index in [4.69, 9.17) is 23.7 Å². The molecule has 3 aliphatic heterocycles. The number of amides is 1. The van der Waals surface area contributed by atoms with Crippen LogP contribution in [0.3, 0.4) is 0 Å². The number of nitrogens with zero attached hydrogens (tertiary/aromatic N) is 1. The number of hydrogen-bond donors (Lipinski definition) is 1. The molecule has 0 radical (unpaired) electrons. The van der Waals surface area contributed by atoms with Crippen molar-refractivity contribution in [2.24, 2.45) is 0 Å². The van der Waals surface area contributed by atoms with Crippen molar-refractivity contribution in [1.29, 1.82) is 0 Å². The highest BCUT2D eigenvalue weighted by molar-refractivity contribution is 5.77. The van der Waals surface area contributed by atoms with E-state index in [1.54, 1.807) is 18.7 Å². The van der Waals surface area contributed by atoms with Gasteiger partial charge in [-0.05, 0) is 41.5 Å². The van der Waals surface area contributed by atoms with E-state index >= 15 is 0 Å². The number of aliphatic hydroxyl groups is 1. The van der Waals surface area contributed by atoms with Crippen molar-refractivity contribution >= 4 is 5.91 Å². The van der Waals surface area contributed by atoms with Gasteiger partial charge in [0.15, 0.2) is 11.6 Å². The van der Waals surface area contributed by atoms with Gasteiger partial charge in [0.2, 0.25) is 11.7 Å². The summed E-state index contributed by atoms with van der Waals surface area (Å²) in [5.74, 6) is -3.55. The van der Waals surface area contributed by atoms with E-state index in [0.29, 0.717) is 19.7 Å². The van der Waals surface area contributed by atoms with Gasteiger partial charge in [0.1, 0.15) is 24.4 Å². The molecule has 5 atom stereocenters. The summed E-state index contributed by atoms with van der Waals surface area (Å²) in [6, 6.07) is 0. The molecule has 1 amide bonds. The van der Waals surface area contributed by atoms with E-state index in [-0.39, 0.29) is 12.3 Å². The molecule has 0 spiro atoms. The minimum Gasteiger partial charge on any atom is -0.363 e. The Morgan fingerprint density at radius 2 is 1.65 bits per heavy atom. The Hall–Kier alpha value is -0.770. The molecule has 26 heavy (non-hydrogen) atoms. The van der Waals surface area contributed by atoms with E-state index in [1.165, 1.54) is 0 Å². The fourth-order valence-corrected chi connectivity index (χ4v) is 3.96. The summed E-state index contributed by atoms with van der Waals surface area (Å²) in [5, 5.41) is 11.2. The molecule has 8 heteroatoms. The van der Waals surface area contributed by atoms with Crippen molar-refractivity contribution in [2.45, 2.75) is 89.7 Å². The van der Waals surface area contributed by atoms with E-state index in [2.05, 4.69) is 0 Å². The number of ether oxygens (including phenoxy) is 5. The summed E-state index contributed by atoms with van der Waals surface area (Å²) in [4.78, 5) is 14.2. The average Bonchev–Trinajstić information content (AvgIpc) is 3.12. The largest absolute Gasteiger partial charge is 0.363 e. The van der Waals surface area contributed by atoms with Crippen LogP contribution in [0.4, 0.5) is 0 Å². The first-order chi connectivity index (χ1) is 12.0. The van der Waals surface area contributed by atoms with Crippen LogP contribution in [0, 0.1) is 0 Å². The monoisotopic (exact) mass is 373 g/mol. The highest BCUT2D eigenvalue weighted by atomic mass is 16.8. The van der Waals surface area contributed by atoms with Gasteiger partial charge in [-0.15, -0.1) is 0 Å². The van der Waals surface area contributed by atoms with Crippen LogP contribution in [0.25, 0.3) is 0 Å². The van der Waals surface area contributed by atoms with Gasteiger partial charge in [0, 0.05) is 13.1 Å². The number of fused-ring (bicyclic) bond motifs is 1. The van der Waals surface area contributed by atoms with Gasteiger partial charge in [-0.2, -0.15) is 0 Å². The van der Waals surface area contributed by atoms with Gasteiger partial charge in [-0.1, -0.05) is 0 Å². The second kappa shape index (κ2) is 6.68. The Morgan fingerprint density at radius 3 is 2.19 bits per heavy atom. The van der Waals surface area contributed by atoms with Gasteiger partial charge in [-0.25, -0.2) is 0 Å². The lowest BCUT2D eigenvalue weighted by atomic mass is 10.00. The van der Waals surface area contributed by atoms with E-state index in [1.807, 2.05) is 27.7 Å². The molecule has 8 nitrogen and oxygen atoms in total. The normalized spacial score (nSPS) is 40.6. The lowest BCUT2D eigenvalue weighted by Gasteiger charge is -2.32. The van der Waals surface area contributed by atoms with Gasteiger partial charge >= 0.3 is 0 Å². The third-order valence-corrected chi connectivity index (χ3v) is 5.16. The molecule has 3 saturated heterocycles. The molecule has 3 aliphatic rings. The van der Waals surface area contributed by atoms with Crippen LogP contribution in [0.15, 0.2) is 0 Å². The molecule has 0 aromatic heterocycles. The smallest absolute Gasteiger partial charge is 0.228 e. The molecule has 0 aromatic carbocycles. The molecule has 0 bridgehead atoms. The molecule has 0 aliphatic carbocycles. The fraction of sp³-hybridized carbons (Fsp3) is 0.944. The summed E-state index contributed by atoms with van der Waals surface area (Å²) < 4.78 is 29.4. The van der Waals surface area contributed by atoms with Crippen LogP contribution in [-0.2, 0) is 28.5 Å². The summed E-state index contributed by atoms with van der Waals surface area (Å²) in [7, 11) is 0. The van der Waals surface area contributed by atoms with Crippen molar-refractivity contribution in [3.63, 3.8) is 0 Å². The second-order valence-electron chi connectivity index (χ2n) is 8.06. The van der Waals surface area contributed by atoms with Crippen LogP contribution in [-0.4, -0.2) is 77.4 Å². The zero-order chi connectivity index (χ0) is 19.3. The average molecular weight is 373 g/mol. The molecule has 1 unspecified atom stereocenters. The van der Waals surface area contributed by atoms with E-state index in [0.717, 1.165) is 0 Å². The molecule has 1 N–H and O–H groups in total. The molecule has 3 heterocycles. The minimum absolute atomic E-state index is 0.186.